The first-order chi connectivity index (χ1) is 11.8. The molecule has 0 saturated heterocycles. The number of carbonyl (C=O) groups is 1. The van der Waals surface area contributed by atoms with Crippen LogP contribution in [0, 0.1) is 20.2 Å². The Bertz CT molecular complexity index is 791. The van der Waals surface area contributed by atoms with Gasteiger partial charge in [0.05, 0.1) is 15.4 Å². The van der Waals surface area contributed by atoms with Crippen LogP contribution in [0.3, 0.4) is 0 Å². The van der Waals surface area contributed by atoms with Crippen molar-refractivity contribution < 1.29 is 14.6 Å². The molecule has 0 atom stereocenters. The third-order valence-electron chi connectivity index (χ3n) is 3.56. The molecule has 0 bridgehead atoms. The normalized spacial score (nSPS) is 10.3. The second-order valence-corrected chi connectivity index (χ2v) is 5.53. The summed E-state index contributed by atoms with van der Waals surface area (Å²) >= 11 is 5.71. The maximum absolute atomic E-state index is 12.7. The molecule has 0 spiro atoms. The number of hydrogen-bond acceptors (Lipinski definition) is 5. The summed E-state index contributed by atoms with van der Waals surface area (Å²) in [5, 5.41) is 21.6. The minimum absolute atomic E-state index is 0.152. The fraction of sp³-hybridized carbons (Fsp3) is 0.188. The van der Waals surface area contributed by atoms with Crippen molar-refractivity contribution in [1.82, 2.24) is 4.90 Å². The van der Waals surface area contributed by atoms with Gasteiger partial charge in [-0.05, 0) is 12.5 Å². The summed E-state index contributed by atoms with van der Waals surface area (Å²) in [4.78, 5) is 34.6. The zero-order valence-electron chi connectivity index (χ0n) is 13.2. The Morgan fingerprint density at radius 3 is 2.04 bits per heavy atom. The Hall–Kier alpha value is -3.00. The van der Waals surface area contributed by atoms with Crippen molar-refractivity contribution in [1.29, 1.82) is 0 Å². The minimum atomic E-state index is -0.848. The molecule has 2 aromatic rings. The maximum Gasteiger partial charge on any atom is 0.295 e. The van der Waals surface area contributed by atoms with E-state index >= 15 is 0 Å². The van der Waals surface area contributed by atoms with Crippen LogP contribution in [-0.4, -0.2) is 27.2 Å². The Morgan fingerprint density at radius 1 is 1.08 bits per heavy atom. The van der Waals surface area contributed by atoms with Gasteiger partial charge in [-0.25, -0.2) is 0 Å². The Morgan fingerprint density at radius 2 is 1.60 bits per heavy atom. The van der Waals surface area contributed by atoms with Crippen LogP contribution in [0.15, 0.2) is 42.5 Å². The van der Waals surface area contributed by atoms with E-state index < -0.39 is 32.2 Å². The third kappa shape index (κ3) is 4.10. The molecule has 0 aliphatic rings. The molecule has 2 aromatic carbocycles. The Kier molecular flexibility index (Phi) is 5.66. The molecular formula is C16H14ClN3O5. The van der Waals surface area contributed by atoms with Crippen LogP contribution in [0.5, 0.6) is 0 Å². The fourth-order valence-electron chi connectivity index (χ4n) is 2.30. The number of carbonyl (C=O) groups excluding carboxylic acids is 1. The zero-order chi connectivity index (χ0) is 18.6. The molecule has 0 fully saturated rings. The largest absolute Gasteiger partial charge is 0.335 e. The molecule has 2 rings (SSSR count). The molecule has 0 aliphatic carbocycles. The molecule has 8 nitrogen and oxygen atoms in total. The van der Waals surface area contributed by atoms with Crippen molar-refractivity contribution in [2.24, 2.45) is 0 Å². The van der Waals surface area contributed by atoms with E-state index in [-0.39, 0.29) is 12.1 Å². The number of hydrogen-bond donors (Lipinski definition) is 0. The van der Waals surface area contributed by atoms with Crippen LogP contribution in [0.1, 0.15) is 22.8 Å². The monoisotopic (exact) mass is 363 g/mol. The number of nitro groups is 2. The second-order valence-electron chi connectivity index (χ2n) is 5.15. The molecule has 0 saturated carbocycles. The van der Waals surface area contributed by atoms with E-state index in [4.69, 9.17) is 11.6 Å². The van der Waals surface area contributed by atoms with Crippen LogP contribution < -0.4 is 0 Å². The minimum Gasteiger partial charge on any atom is -0.335 e. The molecule has 25 heavy (non-hydrogen) atoms. The number of nitrogens with zero attached hydrogens (tertiary/aromatic N) is 3. The molecule has 0 N–H and O–H groups in total. The molecule has 0 radical (unpaired) electrons. The number of nitro benzene ring substituents is 2. The maximum atomic E-state index is 12.7. The topological polar surface area (TPSA) is 107 Å². The van der Waals surface area contributed by atoms with Crippen LogP contribution in [-0.2, 0) is 6.54 Å². The molecule has 0 unspecified atom stereocenters. The first-order valence-corrected chi connectivity index (χ1v) is 7.68. The van der Waals surface area contributed by atoms with E-state index in [0.29, 0.717) is 6.54 Å². The predicted molar refractivity (Wildman–Crippen MR) is 91.6 cm³/mol. The van der Waals surface area contributed by atoms with Gasteiger partial charge in [0.15, 0.2) is 5.02 Å². The Balaban J connectivity index is 2.43. The van der Waals surface area contributed by atoms with Crippen molar-refractivity contribution in [2.45, 2.75) is 13.5 Å². The van der Waals surface area contributed by atoms with Crippen LogP contribution >= 0.6 is 11.6 Å². The van der Waals surface area contributed by atoms with E-state index in [0.717, 1.165) is 17.7 Å². The van der Waals surface area contributed by atoms with Crippen molar-refractivity contribution in [2.75, 3.05) is 6.54 Å². The van der Waals surface area contributed by atoms with E-state index in [1.807, 2.05) is 30.3 Å². The van der Waals surface area contributed by atoms with Gasteiger partial charge in [0.1, 0.15) is 0 Å². The van der Waals surface area contributed by atoms with Crippen LogP contribution in [0.25, 0.3) is 0 Å². The first-order valence-electron chi connectivity index (χ1n) is 7.30. The molecule has 0 aromatic heterocycles. The lowest BCUT2D eigenvalue weighted by atomic mass is 10.1. The number of amides is 1. The fourth-order valence-corrected chi connectivity index (χ4v) is 2.54. The molecule has 130 valence electrons. The molecule has 1 amide bonds. The van der Waals surface area contributed by atoms with Gasteiger partial charge in [-0.2, -0.15) is 0 Å². The lowest BCUT2D eigenvalue weighted by Gasteiger charge is -2.21. The van der Waals surface area contributed by atoms with Crippen molar-refractivity contribution in [3.05, 3.63) is 78.8 Å². The average Bonchev–Trinajstić information content (AvgIpc) is 2.59. The van der Waals surface area contributed by atoms with Gasteiger partial charge in [-0.1, -0.05) is 41.9 Å². The predicted octanol–water partition coefficient (Wildman–Crippen LogP) is 3.82. The second kappa shape index (κ2) is 7.71. The first kappa shape index (κ1) is 18.3. The van der Waals surface area contributed by atoms with Gasteiger partial charge in [0.25, 0.3) is 17.3 Å². The summed E-state index contributed by atoms with van der Waals surface area (Å²) in [5.74, 6) is -0.547. The Labute approximate surface area is 147 Å². The highest BCUT2D eigenvalue weighted by molar-refractivity contribution is 6.35. The quantitative estimate of drug-likeness (QED) is 0.572. The molecule has 9 heteroatoms. The number of halogens is 1. The van der Waals surface area contributed by atoms with Crippen molar-refractivity contribution in [3.8, 4) is 0 Å². The van der Waals surface area contributed by atoms with E-state index in [2.05, 4.69) is 0 Å². The smallest absolute Gasteiger partial charge is 0.295 e. The van der Waals surface area contributed by atoms with E-state index in [9.17, 15) is 25.0 Å². The highest BCUT2D eigenvalue weighted by Gasteiger charge is 2.28. The van der Waals surface area contributed by atoms with Gasteiger partial charge in [-0.3, -0.25) is 25.0 Å². The highest BCUT2D eigenvalue weighted by Crippen LogP contribution is 2.35. The summed E-state index contributed by atoms with van der Waals surface area (Å²) in [6.45, 7) is 2.36. The standard InChI is InChI=1S/C16H14ClN3O5/c1-2-18(10-11-6-4-3-5-7-11)16(21)12-8-13(19(22)23)15(17)14(9-12)20(24)25/h3-9H,2,10H2,1H3. The number of rotatable bonds is 6. The summed E-state index contributed by atoms with van der Waals surface area (Å²) in [6, 6.07) is 11.1. The molecule has 0 aliphatic heterocycles. The van der Waals surface area contributed by atoms with Gasteiger partial charge in [0.2, 0.25) is 0 Å². The van der Waals surface area contributed by atoms with Gasteiger partial charge in [0, 0.05) is 25.2 Å². The summed E-state index contributed by atoms with van der Waals surface area (Å²) < 4.78 is 0. The van der Waals surface area contributed by atoms with E-state index in [1.165, 1.54) is 4.90 Å². The summed E-state index contributed by atoms with van der Waals surface area (Å²) in [5.41, 5.74) is -0.624. The van der Waals surface area contributed by atoms with Gasteiger partial charge >= 0.3 is 0 Å². The van der Waals surface area contributed by atoms with Crippen molar-refractivity contribution >= 4 is 28.9 Å². The van der Waals surface area contributed by atoms with Crippen LogP contribution in [0.2, 0.25) is 5.02 Å². The molecular weight excluding hydrogens is 350 g/mol. The highest BCUT2D eigenvalue weighted by atomic mass is 35.5. The van der Waals surface area contributed by atoms with Gasteiger partial charge in [-0.15, -0.1) is 0 Å². The number of benzene rings is 2. The lowest BCUT2D eigenvalue weighted by molar-refractivity contribution is -0.393. The van der Waals surface area contributed by atoms with Crippen LogP contribution in [0.4, 0.5) is 11.4 Å². The van der Waals surface area contributed by atoms with Crippen molar-refractivity contribution in [3.63, 3.8) is 0 Å². The zero-order valence-corrected chi connectivity index (χ0v) is 14.0. The summed E-state index contributed by atoms with van der Waals surface area (Å²) in [7, 11) is 0. The third-order valence-corrected chi connectivity index (χ3v) is 3.95. The van der Waals surface area contributed by atoms with Gasteiger partial charge < -0.3 is 4.90 Å². The molecule has 0 heterocycles. The summed E-state index contributed by atoms with van der Waals surface area (Å²) in [6.07, 6.45) is 0. The van der Waals surface area contributed by atoms with E-state index in [1.54, 1.807) is 6.92 Å². The average molecular weight is 364 g/mol. The SMILES string of the molecule is CCN(Cc1ccccc1)C(=O)c1cc([N+](=O)[O-])c(Cl)c([N+](=O)[O-])c1. The lowest BCUT2D eigenvalue weighted by Crippen LogP contribution is -2.30.